The molecule has 0 aliphatic rings. The first kappa shape index (κ1) is 7.79. The van der Waals surface area contributed by atoms with Crippen molar-refractivity contribution < 1.29 is 4.79 Å². The first-order chi connectivity index (χ1) is 6.33. The third-order valence-corrected chi connectivity index (χ3v) is 2.07. The predicted molar refractivity (Wildman–Crippen MR) is 50.5 cm³/mol. The maximum atomic E-state index is 10.3. The predicted octanol–water partition coefficient (Wildman–Crippen LogP) is 1.44. The molecule has 0 radical (unpaired) electrons. The van der Waals surface area contributed by atoms with E-state index in [9.17, 15) is 4.79 Å². The van der Waals surface area contributed by atoms with E-state index in [-0.39, 0.29) is 0 Å². The smallest absolute Gasteiger partial charge is 0.211 e. The van der Waals surface area contributed by atoms with Crippen molar-refractivity contribution in [2.75, 3.05) is 5.32 Å². The van der Waals surface area contributed by atoms with E-state index in [0.717, 1.165) is 22.3 Å². The van der Waals surface area contributed by atoms with Crippen molar-refractivity contribution in [3.8, 4) is 0 Å². The fourth-order valence-corrected chi connectivity index (χ4v) is 1.35. The minimum absolute atomic E-state index is 0.655. The molecule has 0 aliphatic carbocycles. The van der Waals surface area contributed by atoms with Gasteiger partial charge in [-0.2, -0.15) is 0 Å². The highest BCUT2D eigenvalue weighted by atomic mass is 16.1. The van der Waals surface area contributed by atoms with Crippen molar-refractivity contribution in [1.29, 1.82) is 0 Å². The zero-order valence-electron chi connectivity index (χ0n) is 7.16. The number of H-pyrrole nitrogens is 1. The van der Waals surface area contributed by atoms with Gasteiger partial charge in [-0.25, -0.2) is 4.98 Å². The maximum Gasteiger partial charge on any atom is 0.211 e. The van der Waals surface area contributed by atoms with Gasteiger partial charge in [0.1, 0.15) is 5.65 Å². The number of hydrogen-bond acceptors (Lipinski definition) is 2. The van der Waals surface area contributed by atoms with Gasteiger partial charge < -0.3 is 10.3 Å². The Kier molecular flexibility index (Phi) is 1.73. The van der Waals surface area contributed by atoms with Crippen LogP contribution in [0.15, 0.2) is 18.5 Å². The van der Waals surface area contributed by atoms with Gasteiger partial charge >= 0.3 is 0 Å². The van der Waals surface area contributed by atoms with Crippen LogP contribution in [0.5, 0.6) is 0 Å². The molecule has 0 saturated carbocycles. The lowest BCUT2D eigenvalue weighted by Crippen LogP contribution is -1.97. The molecule has 0 unspecified atom stereocenters. The van der Waals surface area contributed by atoms with Crippen LogP contribution in [0.3, 0.4) is 0 Å². The standard InChI is InChI=1S/C9H9N3O/c1-6-7-2-3-10-9(7)11-4-8(6)12-5-13/h2-5H,1H3,(H,10,11)(H,12,13). The molecule has 66 valence electrons. The van der Waals surface area contributed by atoms with Gasteiger partial charge in [-0.05, 0) is 18.6 Å². The summed E-state index contributed by atoms with van der Waals surface area (Å²) in [4.78, 5) is 17.4. The normalized spacial score (nSPS) is 10.2. The molecule has 0 atom stereocenters. The molecular weight excluding hydrogens is 166 g/mol. The van der Waals surface area contributed by atoms with Crippen molar-refractivity contribution >= 4 is 23.1 Å². The lowest BCUT2D eigenvalue weighted by Gasteiger charge is -2.03. The van der Waals surface area contributed by atoms with Crippen molar-refractivity contribution in [3.63, 3.8) is 0 Å². The van der Waals surface area contributed by atoms with Crippen LogP contribution in [0.25, 0.3) is 11.0 Å². The van der Waals surface area contributed by atoms with E-state index in [2.05, 4.69) is 15.3 Å². The number of hydrogen-bond donors (Lipinski definition) is 2. The third kappa shape index (κ3) is 1.16. The Morgan fingerprint density at radius 2 is 2.46 bits per heavy atom. The van der Waals surface area contributed by atoms with E-state index in [4.69, 9.17) is 0 Å². The van der Waals surface area contributed by atoms with Gasteiger partial charge in [0.2, 0.25) is 6.41 Å². The summed E-state index contributed by atoms with van der Waals surface area (Å²) in [5, 5.41) is 3.63. The molecule has 0 fully saturated rings. The number of pyridine rings is 1. The van der Waals surface area contributed by atoms with Crippen molar-refractivity contribution in [3.05, 3.63) is 24.0 Å². The van der Waals surface area contributed by atoms with Crippen molar-refractivity contribution in [2.24, 2.45) is 0 Å². The average molecular weight is 175 g/mol. The van der Waals surface area contributed by atoms with Crippen LogP contribution < -0.4 is 5.32 Å². The number of rotatable bonds is 2. The Morgan fingerprint density at radius 1 is 1.62 bits per heavy atom. The number of carbonyl (C=O) groups is 1. The van der Waals surface area contributed by atoms with Crippen LogP contribution >= 0.6 is 0 Å². The molecule has 1 amide bonds. The molecule has 0 aromatic carbocycles. The largest absolute Gasteiger partial charge is 0.346 e. The molecule has 0 spiro atoms. The number of carbonyl (C=O) groups excluding carboxylic acids is 1. The minimum atomic E-state index is 0.655. The number of nitrogens with one attached hydrogen (secondary N) is 2. The minimum Gasteiger partial charge on any atom is -0.346 e. The number of fused-ring (bicyclic) bond motifs is 1. The van der Waals surface area contributed by atoms with Crippen LogP contribution in [0.2, 0.25) is 0 Å². The molecule has 2 aromatic heterocycles. The van der Waals surface area contributed by atoms with Gasteiger partial charge in [0.05, 0.1) is 11.9 Å². The summed E-state index contributed by atoms with van der Waals surface area (Å²) in [5.41, 5.74) is 2.62. The van der Waals surface area contributed by atoms with Crippen LogP contribution in [0, 0.1) is 6.92 Å². The number of anilines is 1. The van der Waals surface area contributed by atoms with Crippen LogP contribution in [-0.2, 0) is 4.79 Å². The fraction of sp³-hybridized carbons (Fsp3) is 0.111. The first-order valence-electron chi connectivity index (χ1n) is 3.96. The number of aromatic nitrogens is 2. The van der Waals surface area contributed by atoms with Crippen LogP contribution in [0.1, 0.15) is 5.56 Å². The second-order valence-corrected chi connectivity index (χ2v) is 2.80. The quantitative estimate of drug-likeness (QED) is 0.678. The molecule has 0 aliphatic heterocycles. The second kappa shape index (κ2) is 2.90. The zero-order valence-corrected chi connectivity index (χ0v) is 7.16. The van der Waals surface area contributed by atoms with Gasteiger partial charge in [0, 0.05) is 11.6 Å². The molecule has 2 aromatic rings. The number of nitrogens with zero attached hydrogens (tertiary/aromatic N) is 1. The van der Waals surface area contributed by atoms with E-state index in [1.807, 2.05) is 19.2 Å². The topological polar surface area (TPSA) is 57.8 Å². The summed E-state index contributed by atoms with van der Waals surface area (Å²) in [6.07, 6.45) is 4.13. The van der Waals surface area contributed by atoms with Crippen LogP contribution in [-0.4, -0.2) is 16.4 Å². The van der Waals surface area contributed by atoms with Crippen LogP contribution in [0.4, 0.5) is 5.69 Å². The van der Waals surface area contributed by atoms with Gasteiger partial charge in [-0.3, -0.25) is 4.79 Å². The highest BCUT2D eigenvalue weighted by Crippen LogP contribution is 2.21. The molecule has 2 N–H and O–H groups in total. The molecule has 13 heavy (non-hydrogen) atoms. The van der Waals surface area contributed by atoms with E-state index in [1.165, 1.54) is 0 Å². The lowest BCUT2D eigenvalue weighted by atomic mass is 10.2. The number of amides is 1. The molecule has 4 nitrogen and oxygen atoms in total. The number of aromatic amines is 1. The Hall–Kier alpha value is -1.84. The Balaban J connectivity index is 2.65. The molecule has 0 saturated heterocycles. The van der Waals surface area contributed by atoms with E-state index in [0.29, 0.717) is 6.41 Å². The van der Waals surface area contributed by atoms with E-state index >= 15 is 0 Å². The van der Waals surface area contributed by atoms with E-state index in [1.54, 1.807) is 6.20 Å². The first-order valence-corrected chi connectivity index (χ1v) is 3.96. The average Bonchev–Trinajstić information content (AvgIpc) is 2.58. The van der Waals surface area contributed by atoms with Gasteiger partial charge in [0.25, 0.3) is 0 Å². The molecule has 2 rings (SSSR count). The summed E-state index contributed by atoms with van der Waals surface area (Å²) in [7, 11) is 0. The van der Waals surface area contributed by atoms with Gasteiger partial charge in [0.15, 0.2) is 0 Å². The Bertz CT molecular complexity index is 447. The summed E-state index contributed by atoms with van der Waals surface area (Å²) >= 11 is 0. The Labute approximate surface area is 75.0 Å². The SMILES string of the molecule is Cc1c(NC=O)cnc2[nH]ccc12. The fourth-order valence-electron chi connectivity index (χ4n) is 1.35. The second-order valence-electron chi connectivity index (χ2n) is 2.80. The van der Waals surface area contributed by atoms with Crippen molar-refractivity contribution in [1.82, 2.24) is 9.97 Å². The lowest BCUT2D eigenvalue weighted by molar-refractivity contribution is -0.105. The van der Waals surface area contributed by atoms with Crippen molar-refractivity contribution in [2.45, 2.75) is 6.92 Å². The molecular formula is C9H9N3O. The molecule has 2 heterocycles. The molecule has 4 heteroatoms. The monoisotopic (exact) mass is 175 g/mol. The summed E-state index contributed by atoms with van der Waals surface area (Å²) < 4.78 is 0. The highest BCUT2D eigenvalue weighted by Gasteiger charge is 2.03. The summed E-state index contributed by atoms with van der Waals surface area (Å²) in [6.45, 7) is 1.95. The Morgan fingerprint density at radius 3 is 3.23 bits per heavy atom. The summed E-state index contributed by atoms with van der Waals surface area (Å²) in [5.74, 6) is 0. The zero-order chi connectivity index (χ0) is 9.26. The third-order valence-electron chi connectivity index (χ3n) is 2.07. The molecule has 0 bridgehead atoms. The van der Waals surface area contributed by atoms with Gasteiger partial charge in [-0.1, -0.05) is 0 Å². The maximum absolute atomic E-state index is 10.3. The summed E-state index contributed by atoms with van der Waals surface area (Å²) in [6, 6.07) is 1.94. The van der Waals surface area contributed by atoms with Gasteiger partial charge in [-0.15, -0.1) is 0 Å². The highest BCUT2D eigenvalue weighted by molar-refractivity contribution is 5.87. The van der Waals surface area contributed by atoms with E-state index < -0.39 is 0 Å². The number of aryl methyl sites for hydroxylation is 1.